The third-order valence-corrected chi connectivity index (χ3v) is 3.79. The van der Waals surface area contributed by atoms with Crippen LogP contribution in [0.25, 0.3) is 0 Å². The predicted octanol–water partition coefficient (Wildman–Crippen LogP) is 1.99. The largest absolute Gasteiger partial charge is 0.469 e. The minimum absolute atomic E-state index is 0.115. The molecular weight excluding hydrogens is 266 g/mol. The first-order valence-corrected chi connectivity index (χ1v) is 6.61. The highest BCUT2D eigenvalue weighted by Crippen LogP contribution is 2.25. The molecule has 2 rings (SSSR count). The first kappa shape index (κ1) is 14.8. The molecule has 0 unspecified atom stereocenters. The average Bonchev–Trinajstić information content (AvgIpc) is 2.42. The van der Waals surface area contributed by atoms with Gasteiger partial charge in [-0.2, -0.15) is 4.39 Å². The van der Waals surface area contributed by atoms with Gasteiger partial charge in [0.1, 0.15) is 5.82 Å². The Morgan fingerprint density at radius 2 is 2.30 bits per heavy atom. The van der Waals surface area contributed by atoms with Gasteiger partial charge >= 0.3 is 5.97 Å². The maximum Gasteiger partial charge on any atom is 0.309 e. The highest BCUT2D eigenvalue weighted by Gasteiger charge is 2.32. The number of likely N-dealkylation sites (tertiary alicyclic amines) is 1. The number of halogens is 2. The van der Waals surface area contributed by atoms with Crippen molar-refractivity contribution in [2.45, 2.75) is 19.9 Å². The quantitative estimate of drug-likeness (QED) is 0.629. The van der Waals surface area contributed by atoms with Crippen molar-refractivity contribution in [3.8, 4) is 0 Å². The topological polar surface area (TPSA) is 42.4 Å². The van der Waals surface area contributed by atoms with Crippen LogP contribution in [0.3, 0.4) is 0 Å². The lowest BCUT2D eigenvalue weighted by Crippen LogP contribution is -2.42. The van der Waals surface area contributed by atoms with Crippen LogP contribution in [0.5, 0.6) is 0 Å². The molecule has 4 nitrogen and oxygen atoms in total. The molecule has 1 aromatic heterocycles. The van der Waals surface area contributed by atoms with Gasteiger partial charge in [0, 0.05) is 24.7 Å². The molecule has 2 heterocycles. The van der Waals surface area contributed by atoms with Gasteiger partial charge in [0.25, 0.3) is 0 Å². The zero-order valence-corrected chi connectivity index (χ0v) is 11.6. The average molecular weight is 284 g/mol. The summed E-state index contributed by atoms with van der Waals surface area (Å²) in [6.45, 7) is 3.61. The lowest BCUT2D eigenvalue weighted by atomic mass is 9.87. The van der Waals surface area contributed by atoms with E-state index in [1.54, 1.807) is 0 Å². The standard InChI is InChI=1S/C14H18F2N2O2/c1-9-7-18(4-3-11(9)14(19)20-2)8-10-5-13(16)17-6-12(10)15/h5-6,9,11H,3-4,7-8H2,1-2H3/t9-,11-/m1/s1. The Bertz CT molecular complexity index is 496. The number of nitrogens with zero attached hydrogens (tertiary/aromatic N) is 2. The lowest BCUT2D eigenvalue weighted by Gasteiger charge is -2.35. The highest BCUT2D eigenvalue weighted by atomic mass is 19.1. The fraction of sp³-hybridized carbons (Fsp3) is 0.571. The van der Waals surface area contributed by atoms with E-state index in [4.69, 9.17) is 4.74 Å². The number of aromatic nitrogens is 1. The molecule has 0 aromatic carbocycles. The van der Waals surface area contributed by atoms with Crippen LogP contribution in [-0.2, 0) is 16.1 Å². The van der Waals surface area contributed by atoms with E-state index in [9.17, 15) is 13.6 Å². The minimum Gasteiger partial charge on any atom is -0.469 e. The van der Waals surface area contributed by atoms with Crippen LogP contribution in [0.2, 0.25) is 0 Å². The predicted molar refractivity (Wildman–Crippen MR) is 68.7 cm³/mol. The van der Waals surface area contributed by atoms with Crippen LogP contribution in [0.1, 0.15) is 18.9 Å². The summed E-state index contributed by atoms with van der Waals surface area (Å²) in [5.74, 6) is -1.37. The summed E-state index contributed by atoms with van der Waals surface area (Å²) in [5, 5.41) is 0. The summed E-state index contributed by atoms with van der Waals surface area (Å²) in [6.07, 6.45) is 1.57. The first-order valence-electron chi connectivity index (χ1n) is 6.61. The molecule has 20 heavy (non-hydrogen) atoms. The van der Waals surface area contributed by atoms with Gasteiger partial charge < -0.3 is 4.74 Å². The molecule has 0 amide bonds. The van der Waals surface area contributed by atoms with Crippen LogP contribution < -0.4 is 0 Å². The molecule has 1 aliphatic rings. The van der Waals surface area contributed by atoms with Gasteiger partial charge in [-0.1, -0.05) is 6.92 Å². The van der Waals surface area contributed by atoms with E-state index in [2.05, 4.69) is 4.98 Å². The zero-order valence-electron chi connectivity index (χ0n) is 11.6. The molecule has 0 bridgehead atoms. The number of methoxy groups -OCH3 is 1. The molecule has 1 aromatic rings. The fourth-order valence-electron chi connectivity index (χ4n) is 2.69. The van der Waals surface area contributed by atoms with Crippen molar-refractivity contribution in [3.05, 3.63) is 29.6 Å². The second kappa shape index (κ2) is 6.26. The third-order valence-electron chi connectivity index (χ3n) is 3.79. The molecule has 0 saturated carbocycles. The van der Waals surface area contributed by atoms with Gasteiger partial charge in [-0.25, -0.2) is 9.37 Å². The van der Waals surface area contributed by atoms with Gasteiger partial charge in [0.2, 0.25) is 5.95 Å². The molecule has 6 heteroatoms. The van der Waals surface area contributed by atoms with Gasteiger partial charge in [0.15, 0.2) is 0 Å². The molecule has 0 spiro atoms. The van der Waals surface area contributed by atoms with Crippen molar-refractivity contribution in [2.75, 3.05) is 20.2 Å². The van der Waals surface area contributed by atoms with E-state index < -0.39 is 11.8 Å². The van der Waals surface area contributed by atoms with E-state index in [1.807, 2.05) is 11.8 Å². The van der Waals surface area contributed by atoms with Crippen molar-refractivity contribution in [3.63, 3.8) is 0 Å². The Kier molecular flexibility index (Phi) is 4.65. The summed E-state index contributed by atoms with van der Waals surface area (Å²) < 4.78 is 31.4. The minimum atomic E-state index is -0.682. The van der Waals surface area contributed by atoms with Crippen LogP contribution in [-0.4, -0.2) is 36.1 Å². The number of carbonyl (C=O) groups excluding carboxylic acids is 1. The van der Waals surface area contributed by atoms with Crippen LogP contribution in [0, 0.1) is 23.6 Å². The number of carbonyl (C=O) groups is 1. The molecule has 0 radical (unpaired) electrons. The van der Waals surface area contributed by atoms with Crippen molar-refractivity contribution >= 4 is 5.97 Å². The molecule has 2 atom stereocenters. The summed E-state index contributed by atoms with van der Waals surface area (Å²) in [4.78, 5) is 16.9. The first-order chi connectivity index (χ1) is 9.51. The molecule has 1 saturated heterocycles. The maximum absolute atomic E-state index is 13.6. The Hall–Kier alpha value is -1.56. The number of pyridine rings is 1. The monoisotopic (exact) mass is 284 g/mol. The van der Waals surface area contributed by atoms with Crippen molar-refractivity contribution < 1.29 is 18.3 Å². The summed E-state index contributed by atoms with van der Waals surface area (Å²) in [7, 11) is 1.39. The summed E-state index contributed by atoms with van der Waals surface area (Å²) in [5.41, 5.74) is 0.293. The van der Waals surface area contributed by atoms with Crippen LogP contribution in [0.15, 0.2) is 12.3 Å². The van der Waals surface area contributed by atoms with Gasteiger partial charge in [0.05, 0.1) is 19.2 Å². The highest BCUT2D eigenvalue weighted by molar-refractivity contribution is 5.72. The molecule has 110 valence electrons. The number of rotatable bonds is 3. The molecule has 0 N–H and O–H groups in total. The second-order valence-corrected chi connectivity index (χ2v) is 5.23. The Labute approximate surface area is 116 Å². The zero-order chi connectivity index (χ0) is 14.7. The Balaban J connectivity index is 1.99. The van der Waals surface area contributed by atoms with E-state index in [1.165, 1.54) is 7.11 Å². The Morgan fingerprint density at radius 1 is 1.55 bits per heavy atom. The van der Waals surface area contributed by atoms with Crippen LogP contribution >= 0.6 is 0 Å². The molecule has 1 fully saturated rings. The summed E-state index contributed by atoms with van der Waals surface area (Å²) >= 11 is 0. The Morgan fingerprint density at radius 3 is 2.95 bits per heavy atom. The van der Waals surface area contributed by atoms with E-state index in [-0.39, 0.29) is 17.8 Å². The number of piperidine rings is 1. The SMILES string of the molecule is COC(=O)[C@@H]1CCN(Cc2cc(F)ncc2F)C[C@H]1C. The molecular formula is C14H18F2N2O2. The van der Waals surface area contributed by atoms with Crippen molar-refractivity contribution in [2.24, 2.45) is 11.8 Å². The van der Waals surface area contributed by atoms with Crippen LogP contribution in [0.4, 0.5) is 8.78 Å². The van der Waals surface area contributed by atoms with Gasteiger partial charge in [-0.05, 0) is 18.9 Å². The molecule has 0 aliphatic carbocycles. The van der Waals surface area contributed by atoms with Crippen molar-refractivity contribution in [1.82, 2.24) is 9.88 Å². The second-order valence-electron chi connectivity index (χ2n) is 5.23. The maximum atomic E-state index is 13.6. The van der Waals surface area contributed by atoms with E-state index in [0.717, 1.165) is 12.3 Å². The van der Waals surface area contributed by atoms with Gasteiger partial charge in [-0.3, -0.25) is 9.69 Å². The van der Waals surface area contributed by atoms with E-state index in [0.29, 0.717) is 31.6 Å². The normalized spacial score (nSPS) is 23.6. The number of hydrogen-bond donors (Lipinski definition) is 0. The van der Waals surface area contributed by atoms with Gasteiger partial charge in [-0.15, -0.1) is 0 Å². The lowest BCUT2D eigenvalue weighted by molar-refractivity contribution is -0.149. The summed E-state index contributed by atoms with van der Waals surface area (Å²) in [6, 6.07) is 1.12. The number of esters is 1. The smallest absolute Gasteiger partial charge is 0.309 e. The third kappa shape index (κ3) is 3.30. The number of ether oxygens (including phenoxy) is 1. The van der Waals surface area contributed by atoms with Crippen molar-refractivity contribution in [1.29, 1.82) is 0 Å². The number of hydrogen-bond acceptors (Lipinski definition) is 4. The fourth-order valence-corrected chi connectivity index (χ4v) is 2.69. The molecule has 1 aliphatic heterocycles. The van der Waals surface area contributed by atoms with E-state index >= 15 is 0 Å².